The third kappa shape index (κ3) is 3.74. The van der Waals surface area contributed by atoms with Crippen LogP contribution < -0.4 is 5.73 Å². The van der Waals surface area contributed by atoms with E-state index >= 15 is 0 Å². The van der Waals surface area contributed by atoms with Gasteiger partial charge in [-0.1, -0.05) is 37.3 Å². The van der Waals surface area contributed by atoms with Gasteiger partial charge in [-0.05, 0) is 24.8 Å². The molecule has 0 radical (unpaired) electrons. The first-order chi connectivity index (χ1) is 9.27. The Morgan fingerprint density at radius 2 is 2.10 bits per heavy atom. The van der Waals surface area contributed by atoms with Crippen molar-refractivity contribution in [1.29, 1.82) is 0 Å². The van der Waals surface area contributed by atoms with Crippen LogP contribution in [0.15, 0.2) is 30.3 Å². The summed E-state index contributed by atoms with van der Waals surface area (Å²) in [4.78, 5) is 14.2. The molecule has 2 N–H and O–H groups in total. The second kappa shape index (κ2) is 8.28. The fourth-order valence-electron chi connectivity index (χ4n) is 3.22. The zero-order chi connectivity index (χ0) is 13.7. The van der Waals surface area contributed by atoms with Crippen LogP contribution >= 0.6 is 12.4 Å². The second-order valence-electron chi connectivity index (χ2n) is 5.26. The number of amides is 1. The number of rotatable bonds is 5. The third-order valence-electron chi connectivity index (χ3n) is 4.11. The summed E-state index contributed by atoms with van der Waals surface area (Å²) in [5, 5.41) is 0. The van der Waals surface area contributed by atoms with Gasteiger partial charge in [0.2, 0.25) is 5.91 Å². The van der Waals surface area contributed by atoms with Crippen LogP contribution in [0.2, 0.25) is 0 Å². The lowest BCUT2D eigenvalue weighted by atomic mass is 9.87. The van der Waals surface area contributed by atoms with Crippen LogP contribution in [0.3, 0.4) is 0 Å². The van der Waals surface area contributed by atoms with Gasteiger partial charge < -0.3 is 10.6 Å². The van der Waals surface area contributed by atoms with Crippen molar-refractivity contribution < 1.29 is 4.79 Å². The van der Waals surface area contributed by atoms with Gasteiger partial charge in [-0.25, -0.2) is 0 Å². The summed E-state index contributed by atoms with van der Waals surface area (Å²) in [6.07, 6.45) is 3.77. The lowest BCUT2D eigenvalue weighted by Crippen LogP contribution is -2.39. The molecule has 0 bridgehead atoms. The SMILES string of the molecule is CCC(c1ccccc1)C1CCCN1C(=O)CCN.Cl. The van der Waals surface area contributed by atoms with E-state index in [1.54, 1.807) is 0 Å². The number of hydrogen-bond donors (Lipinski definition) is 1. The molecule has 1 aromatic rings. The Bertz CT molecular complexity index is 410. The lowest BCUT2D eigenvalue weighted by molar-refractivity contribution is -0.132. The van der Waals surface area contributed by atoms with Crippen molar-refractivity contribution in [3.63, 3.8) is 0 Å². The number of carbonyl (C=O) groups excluding carboxylic acids is 1. The normalized spacial score (nSPS) is 19.5. The first-order valence-electron chi connectivity index (χ1n) is 7.32. The third-order valence-corrected chi connectivity index (χ3v) is 4.11. The van der Waals surface area contributed by atoms with Crippen LogP contribution in [0.1, 0.15) is 44.1 Å². The van der Waals surface area contributed by atoms with Crippen molar-refractivity contribution in [3.05, 3.63) is 35.9 Å². The molecule has 2 rings (SSSR count). The molecule has 1 amide bonds. The topological polar surface area (TPSA) is 46.3 Å². The van der Waals surface area contributed by atoms with Gasteiger partial charge in [0.25, 0.3) is 0 Å². The molecule has 1 aliphatic heterocycles. The smallest absolute Gasteiger partial charge is 0.224 e. The number of benzene rings is 1. The number of hydrogen-bond acceptors (Lipinski definition) is 2. The highest BCUT2D eigenvalue weighted by molar-refractivity contribution is 5.85. The zero-order valence-electron chi connectivity index (χ0n) is 12.1. The molecule has 3 nitrogen and oxygen atoms in total. The van der Waals surface area contributed by atoms with Crippen LogP contribution in [0.5, 0.6) is 0 Å². The van der Waals surface area contributed by atoms with E-state index in [1.165, 1.54) is 5.56 Å². The minimum absolute atomic E-state index is 0. The molecule has 2 atom stereocenters. The molecule has 1 fully saturated rings. The van der Waals surface area contributed by atoms with Gasteiger partial charge in [0, 0.05) is 31.5 Å². The van der Waals surface area contributed by atoms with Crippen LogP contribution in [0, 0.1) is 0 Å². The van der Waals surface area contributed by atoms with Crippen LogP contribution in [0.25, 0.3) is 0 Å². The number of halogens is 1. The summed E-state index contributed by atoms with van der Waals surface area (Å²) in [6.45, 7) is 3.55. The number of carbonyl (C=O) groups is 1. The molecule has 1 aliphatic rings. The number of nitrogens with two attached hydrogens (primary N) is 1. The van der Waals surface area contributed by atoms with Crippen molar-refractivity contribution >= 4 is 18.3 Å². The van der Waals surface area contributed by atoms with E-state index in [2.05, 4.69) is 36.1 Å². The van der Waals surface area contributed by atoms with Gasteiger partial charge in [0.1, 0.15) is 0 Å². The molecule has 112 valence electrons. The molecule has 1 heterocycles. The fourth-order valence-corrected chi connectivity index (χ4v) is 3.22. The molecule has 0 saturated carbocycles. The molecular formula is C16H25ClN2O. The van der Waals surface area contributed by atoms with Crippen LogP contribution in [0.4, 0.5) is 0 Å². The van der Waals surface area contributed by atoms with Gasteiger partial charge in [-0.2, -0.15) is 0 Å². The summed E-state index contributed by atoms with van der Waals surface area (Å²) < 4.78 is 0. The van der Waals surface area contributed by atoms with Gasteiger partial charge in [-0.15, -0.1) is 12.4 Å². The van der Waals surface area contributed by atoms with E-state index in [1.807, 2.05) is 6.07 Å². The largest absolute Gasteiger partial charge is 0.339 e. The second-order valence-corrected chi connectivity index (χ2v) is 5.26. The minimum Gasteiger partial charge on any atom is -0.339 e. The van der Waals surface area contributed by atoms with Crippen LogP contribution in [-0.2, 0) is 4.79 Å². The first kappa shape index (κ1) is 17.0. The maximum atomic E-state index is 12.2. The summed E-state index contributed by atoms with van der Waals surface area (Å²) in [5.74, 6) is 0.671. The summed E-state index contributed by atoms with van der Waals surface area (Å²) in [5.41, 5.74) is 6.86. The molecule has 2 unspecified atom stereocenters. The van der Waals surface area contributed by atoms with Crippen molar-refractivity contribution in [2.45, 2.75) is 44.6 Å². The predicted octanol–water partition coefficient (Wildman–Crippen LogP) is 2.94. The maximum Gasteiger partial charge on any atom is 0.224 e. The van der Waals surface area contributed by atoms with Gasteiger partial charge in [-0.3, -0.25) is 4.79 Å². The Morgan fingerprint density at radius 1 is 1.40 bits per heavy atom. The quantitative estimate of drug-likeness (QED) is 0.908. The first-order valence-corrected chi connectivity index (χ1v) is 7.32. The van der Waals surface area contributed by atoms with Crippen molar-refractivity contribution in [1.82, 2.24) is 4.90 Å². The standard InChI is InChI=1S/C16H24N2O.ClH/c1-2-14(13-7-4-3-5-8-13)15-9-6-12-18(15)16(19)10-11-17;/h3-5,7-8,14-15H,2,6,9-12,17H2,1H3;1H. The molecule has 1 saturated heterocycles. The molecule has 20 heavy (non-hydrogen) atoms. The maximum absolute atomic E-state index is 12.2. The van der Waals surface area contributed by atoms with Gasteiger partial charge in [0.05, 0.1) is 0 Å². The number of nitrogens with zero attached hydrogens (tertiary/aromatic N) is 1. The Labute approximate surface area is 127 Å². The molecule has 0 aliphatic carbocycles. The van der Waals surface area contributed by atoms with Gasteiger partial charge in [0.15, 0.2) is 0 Å². The predicted molar refractivity (Wildman–Crippen MR) is 85.1 cm³/mol. The lowest BCUT2D eigenvalue weighted by Gasteiger charge is -2.31. The molecule has 1 aromatic carbocycles. The highest BCUT2D eigenvalue weighted by atomic mass is 35.5. The molecule has 4 heteroatoms. The van der Waals surface area contributed by atoms with E-state index in [4.69, 9.17) is 5.73 Å². The van der Waals surface area contributed by atoms with Crippen LogP contribution in [-0.4, -0.2) is 29.9 Å². The zero-order valence-corrected chi connectivity index (χ0v) is 12.9. The molecule has 0 spiro atoms. The Balaban J connectivity index is 0.00000200. The average Bonchev–Trinajstić information content (AvgIpc) is 2.90. The van der Waals surface area contributed by atoms with Crippen molar-refractivity contribution in [3.8, 4) is 0 Å². The average molecular weight is 297 g/mol. The highest BCUT2D eigenvalue weighted by Crippen LogP contribution is 2.33. The Kier molecular flexibility index (Phi) is 7.03. The summed E-state index contributed by atoms with van der Waals surface area (Å²) in [6, 6.07) is 10.9. The monoisotopic (exact) mass is 296 g/mol. The van der Waals surface area contributed by atoms with Gasteiger partial charge >= 0.3 is 0 Å². The molecular weight excluding hydrogens is 272 g/mol. The highest BCUT2D eigenvalue weighted by Gasteiger charge is 2.33. The number of likely N-dealkylation sites (tertiary alicyclic amines) is 1. The van der Waals surface area contributed by atoms with E-state index in [0.717, 1.165) is 25.8 Å². The van der Waals surface area contributed by atoms with E-state index < -0.39 is 0 Å². The van der Waals surface area contributed by atoms with E-state index in [-0.39, 0.29) is 18.3 Å². The van der Waals surface area contributed by atoms with E-state index in [9.17, 15) is 4.79 Å². The van der Waals surface area contributed by atoms with Crippen molar-refractivity contribution in [2.75, 3.05) is 13.1 Å². The summed E-state index contributed by atoms with van der Waals surface area (Å²) >= 11 is 0. The van der Waals surface area contributed by atoms with Crippen molar-refractivity contribution in [2.24, 2.45) is 5.73 Å². The Morgan fingerprint density at radius 3 is 2.70 bits per heavy atom. The fraction of sp³-hybridized carbons (Fsp3) is 0.562. The van der Waals surface area contributed by atoms with E-state index in [0.29, 0.717) is 24.9 Å². The minimum atomic E-state index is 0. The molecule has 0 aromatic heterocycles. The Hall–Kier alpha value is -1.06. The summed E-state index contributed by atoms with van der Waals surface area (Å²) in [7, 11) is 0.